The molecule has 3 rings (SSSR count). The molecule has 3 N–H and O–H groups in total. The zero-order valence-electron chi connectivity index (χ0n) is 15.4. The van der Waals surface area contributed by atoms with Crippen molar-refractivity contribution in [1.82, 2.24) is 15.2 Å². The number of hydrazone groups is 1. The fourth-order valence-electron chi connectivity index (χ4n) is 2.61. The molecule has 0 saturated heterocycles. The van der Waals surface area contributed by atoms with Crippen LogP contribution in [0.3, 0.4) is 0 Å². The predicted molar refractivity (Wildman–Crippen MR) is 103 cm³/mol. The first kappa shape index (κ1) is 19.5. The number of phenols is 1. The van der Waals surface area contributed by atoms with Gasteiger partial charge in [-0.3, -0.25) is 9.48 Å². The van der Waals surface area contributed by atoms with Crippen LogP contribution >= 0.6 is 0 Å². The van der Waals surface area contributed by atoms with E-state index in [2.05, 4.69) is 15.6 Å². The first-order chi connectivity index (χ1) is 14.0. The van der Waals surface area contributed by atoms with Crippen LogP contribution in [-0.2, 0) is 6.54 Å². The number of aromatic nitrogens is 2. The molecule has 1 heterocycles. The van der Waals surface area contributed by atoms with Gasteiger partial charge in [-0.15, -0.1) is 0 Å². The third kappa shape index (κ3) is 4.75. The number of carbonyl (C=O) groups is 1. The van der Waals surface area contributed by atoms with Crippen LogP contribution < -0.4 is 10.2 Å². The molecule has 3 aromatic rings. The summed E-state index contributed by atoms with van der Waals surface area (Å²) in [5.41, 5.74) is 3.90. The van der Waals surface area contributed by atoms with Gasteiger partial charge in [0.25, 0.3) is 10.8 Å². The number of hydrogen-bond donors (Lipinski definition) is 3. The van der Waals surface area contributed by atoms with Gasteiger partial charge < -0.3 is 9.84 Å². The van der Waals surface area contributed by atoms with Crippen molar-refractivity contribution < 1.29 is 24.8 Å². The topological polar surface area (TPSA) is 129 Å². The summed E-state index contributed by atoms with van der Waals surface area (Å²) in [7, 11) is 1.53. The second-order valence-electron chi connectivity index (χ2n) is 5.96. The van der Waals surface area contributed by atoms with Gasteiger partial charge in [0.2, 0.25) is 0 Å². The molecule has 1 aromatic heterocycles. The zero-order valence-corrected chi connectivity index (χ0v) is 15.4. The first-order valence-corrected chi connectivity index (χ1v) is 8.45. The van der Waals surface area contributed by atoms with Gasteiger partial charge in [0.05, 0.1) is 30.3 Å². The molecule has 0 fully saturated rings. The summed E-state index contributed by atoms with van der Waals surface area (Å²) < 4.78 is 6.80. The molecule has 0 saturated carbocycles. The molecule has 10 nitrogen and oxygen atoms in total. The molecule has 0 aliphatic carbocycles. The van der Waals surface area contributed by atoms with E-state index >= 15 is 0 Å². The average Bonchev–Trinajstić information content (AvgIpc) is 3.17. The Morgan fingerprint density at radius 2 is 2.14 bits per heavy atom. The number of phenolic OH excluding ortho intramolecular Hbond substituents is 1. The summed E-state index contributed by atoms with van der Waals surface area (Å²) in [6, 6.07) is 11.4. The second kappa shape index (κ2) is 8.65. The average molecular weight is 396 g/mol. The Morgan fingerprint density at radius 1 is 1.34 bits per heavy atom. The Labute approximate surface area is 165 Å². The van der Waals surface area contributed by atoms with Crippen molar-refractivity contribution in [3.8, 4) is 11.5 Å². The van der Waals surface area contributed by atoms with Crippen LogP contribution in [0.25, 0.3) is 0 Å². The standard InChI is InChI=1S/C19H17N5O5/c1-29-18-7-6-13(8-14(18)11-23-12-15(10-21-23)24(27)28)9-20-22-19(26)16-4-2-3-5-17(16)25/h2-10,12H,11H2,1H3,(H2-,22,25,26,27,28)/p+1/b20-9+. The monoisotopic (exact) mass is 396 g/mol. The smallest absolute Gasteiger partial charge is 0.354 e. The van der Waals surface area contributed by atoms with Gasteiger partial charge in [0.1, 0.15) is 23.9 Å². The minimum absolute atomic E-state index is 0.00793. The summed E-state index contributed by atoms with van der Waals surface area (Å²) in [4.78, 5) is 22.7. The van der Waals surface area contributed by atoms with Gasteiger partial charge in [0.15, 0.2) is 0 Å². The molecule has 148 valence electrons. The quantitative estimate of drug-likeness (QED) is 0.415. The summed E-state index contributed by atoms with van der Waals surface area (Å²) in [6.07, 6.45) is 4.07. The number of methoxy groups -OCH3 is 1. The van der Waals surface area contributed by atoms with E-state index in [9.17, 15) is 14.8 Å². The fraction of sp³-hybridized carbons (Fsp3) is 0.105. The number of ether oxygens (including phenoxy) is 1. The number of aromatic hydroxyl groups is 1. The molecule has 0 aliphatic rings. The summed E-state index contributed by atoms with van der Waals surface area (Å²) >= 11 is 0. The Bertz CT molecular complexity index is 1080. The molecule has 0 bridgehead atoms. The largest absolute Gasteiger partial charge is 0.507 e. The lowest BCUT2D eigenvalue weighted by molar-refractivity contribution is -0.729. The normalized spacial score (nSPS) is 10.8. The van der Waals surface area contributed by atoms with Crippen LogP contribution in [0, 0.1) is 4.91 Å². The fourth-order valence-corrected chi connectivity index (χ4v) is 2.61. The highest BCUT2D eigenvalue weighted by molar-refractivity contribution is 5.97. The van der Waals surface area contributed by atoms with E-state index in [1.54, 1.807) is 30.3 Å². The van der Waals surface area contributed by atoms with Crippen molar-refractivity contribution in [2.75, 3.05) is 7.11 Å². The maximum absolute atomic E-state index is 12.1. The molecular weight excluding hydrogens is 378 g/mol. The third-order valence-electron chi connectivity index (χ3n) is 4.01. The SMILES string of the molecule is COc1ccc(/C=N/NC(=O)c2ccccc2O)cc1Cn1cc([N+](=O)O)cn1. The maximum Gasteiger partial charge on any atom is 0.354 e. The van der Waals surface area contributed by atoms with Crippen molar-refractivity contribution in [2.45, 2.75) is 6.54 Å². The minimum atomic E-state index is -0.539. The van der Waals surface area contributed by atoms with E-state index in [-0.39, 0.29) is 28.5 Å². The van der Waals surface area contributed by atoms with E-state index in [0.29, 0.717) is 11.3 Å². The number of benzene rings is 2. The van der Waals surface area contributed by atoms with E-state index in [4.69, 9.17) is 9.94 Å². The van der Waals surface area contributed by atoms with Crippen molar-refractivity contribution in [3.05, 3.63) is 76.5 Å². The molecule has 29 heavy (non-hydrogen) atoms. The third-order valence-corrected chi connectivity index (χ3v) is 4.01. The number of para-hydroxylation sites is 1. The van der Waals surface area contributed by atoms with E-state index in [1.165, 1.54) is 42.5 Å². The predicted octanol–water partition coefficient (Wildman–Crippen LogP) is 2.21. The molecule has 0 radical (unpaired) electrons. The lowest BCUT2D eigenvalue weighted by Crippen LogP contribution is -2.17. The highest BCUT2D eigenvalue weighted by atomic mass is 16.6. The molecule has 0 atom stereocenters. The number of nitrogens with zero attached hydrogens (tertiary/aromatic N) is 4. The maximum atomic E-state index is 12.1. The van der Waals surface area contributed by atoms with Gasteiger partial charge in [-0.2, -0.15) is 10.2 Å². The summed E-state index contributed by atoms with van der Waals surface area (Å²) in [6.45, 7) is 0.281. The Balaban J connectivity index is 1.73. The Morgan fingerprint density at radius 3 is 2.83 bits per heavy atom. The van der Waals surface area contributed by atoms with Crippen LogP contribution in [0.5, 0.6) is 11.5 Å². The zero-order chi connectivity index (χ0) is 20.8. The Hall–Kier alpha value is -4.21. The number of carbonyl (C=O) groups excluding carboxylic acids is 1. The van der Waals surface area contributed by atoms with Crippen LogP contribution in [0.2, 0.25) is 0 Å². The van der Waals surface area contributed by atoms with E-state index in [0.717, 1.165) is 5.56 Å². The van der Waals surface area contributed by atoms with Crippen molar-refractivity contribution in [3.63, 3.8) is 0 Å². The van der Waals surface area contributed by atoms with E-state index < -0.39 is 5.91 Å². The molecule has 10 heteroatoms. The lowest BCUT2D eigenvalue weighted by Gasteiger charge is -2.09. The van der Waals surface area contributed by atoms with Gasteiger partial charge in [-0.05, 0) is 35.9 Å². The number of nitrogens with one attached hydrogen (secondary N) is 1. The highest BCUT2D eigenvalue weighted by Gasteiger charge is 2.15. The molecule has 0 unspecified atom stereocenters. The highest BCUT2D eigenvalue weighted by Crippen LogP contribution is 2.21. The summed E-state index contributed by atoms with van der Waals surface area (Å²) in [5, 5.41) is 26.5. The molecular formula is C19H18N5O5+. The van der Waals surface area contributed by atoms with Gasteiger partial charge in [-0.1, -0.05) is 12.1 Å². The number of hydrogen-bond acceptors (Lipinski definition) is 6. The number of rotatable bonds is 7. The van der Waals surface area contributed by atoms with Crippen molar-refractivity contribution in [1.29, 1.82) is 0 Å². The van der Waals surface area contributed by atoms with Crippen molar-refractivity contribution >= 4 is 17.8 Å². The lowest BCUT2D eigenvalue weighted by atomic mass is 10.1. The minimum Gasteiger partial charge on any atom is -0.507 e. The molecule has 0 aliphatic heterocycles. The molecule has 2 aromatic carbocycles. The number of amides is 1. The van der Waals surface area contributed by atoms with Gasteiger partial charge >= 0.3 is 5.69 Å². The van der Waals surface area contributed by atoms with E-state index in [1.807, 2.05) is 0 Å². The second-order valence-corrected chi connectivity index (χ2v) is 5.96. The first-order valence-electron chi connectivity index (χ1n) is 8.45. The Kier molecular flexibility index (Phi) is 5.83. The van der Waals surface area contributed by atoms with Gasteiger partial charge in [-0.25, -0.2) is 10.6 Å². The molecule has 1 amide bonds. The van der Waals surface area contributed by atoms with Crippen LogP contribution in [-0.4, -0.2) is 44.2 Å². The summed E-state index contributed by atoms with van der Waals surface area (Å²) in [5.74, 6) is -0.0752. The van der Waals surface area contributed by atoms with Crippen LogP contribution in [0.1, 0.15) is 21.5 Å². The molecule has 0 spiro atoms. The van der Waals surface area contributed by atoms with Crippen LogP contribution in [0.4, 0.5) is 5.69 Å². The van der Waals surface area contributed by atoms with Crippen molar-refractivity contribution in [2.24, 2.45) is 5.10 Å². The van der Waals surface area contributed by atoms with Gasteiger partial charge in [0, 0.05) is 5.56 Å². The van der Waals surface area contributed by atoms with Crippen LogP contribution in [0.15, 0.2) is 60.0 Å².